The number of hydrogen-bond acceptors (Lipinski definition) is 2. The lowest BCUT2D eigenvalue weighted by Gasteiger charge is -2.34. The first-order valence-electron chi connectivity index (χ1n) is 5.84. The molecule has 2 nitrogen and oxygen atoms in total. The van der Waals surface area contributed by atoms with E-state index in [9.17, 15) is 4.39 Å². The van der Waals surface area contributed by atoms with Crippen LogP contribution in [0.15, 0.2) is 24.3 Å². The van der Waals surface area contributed by atoms with Gasteiger partial charge in [-0.2, -0.15) is 0 Å². The first kappa shape index (κ1) is 11.6. The fourth-order valence-corrected chi connectivity index (χ4v) is 2.09. The second-order valence-corrected chi connectivity index (χ2v) is 4.66. The maximum Gasteiger partial charge on any atom is 0.127 e. The van der Waals surface area contributed by atoms with E-state index in [-0.39, 0.29) is 11.9 Å². The topological polar surface area (TPSA) is 15.3 Å². The van der Waals surface area contributed by atoms with Crippen LogP contribution in [0.4, 0.5) is 4.39 Å². The van der Waals surface area contributed by atoms with Crippen molar-refractivity contribution in [2.75, 3.05) is 26.7 Å². The van der Waals surface area contributed by atoms with Gasteiger partial charge < -0.3 is 5.32 Å². The lowest BCUT2D eigenvalue weighted by atomic mass is 10.0. The quantitative estimate of drug-likeness (QED) is 0.838. The molecular formula is C13H19FN2. The van der Waals surface area contributed by atoms with Crippen molar-refractivity contribution in [1.29, 1.82) is 0 Å². The molecule has 1 aromatic carbocycles. The molecule has 1 fully saturated rings. The van der Waals surface area contributed by atoms with Gasteiger partial charge in [-0.1, -0.05) is 18.2 Å². The highest BCUT2D eigenvalue weighted by atomic mass is 19.1. The number of rotatable bonds is 4. The summed E-state index contributed by atoms with van der Waals surface area (Å²) in [6, 6.07) is 7.18. The molecule has 1 aliphatic rings. The second kappa shape index (κ2) is 4.93. The van der Waals surface area contributed by atoms with Crippen LogP contribution in [0.1, 0.15) is 18.5 Å². The molecule has 0 aliphatic carbocycles. The normalized spacial score (nSPS) is 18.5. The van der Waals surface area contributed by atoms with Gasteiger partial charge in [0.25, 0.3) is 0 Å². The van der Waals surface area contributed by atoms with E-state index in [2.05, 4.69) is 24.2 Å². The summed E-state index contributed by atoms with van der Waals surface area (Å²) in [7, 11) is 2.06. The summed E-state index contributed by atoms with van der Waals surface area (Å²) in [5.74, 6) is 0.618. The van der Waals surface area contributed by atoms with Crippen molar-refractivity contribution < 1.29 is 4.39 Å². The summed E-state index contributed by atoms with van der Waals surface area (Å²) >= 11 is 0. The van der Waals surface area contributed by atoms with Gasteiger partial charge in [0, 0.05) is 31.2 Å². The fraction of sp³-hybridized carbons (Fsp3) is 0.538. The number of benzene rings is 1. The van der Waals surface area contributed by atoms with Gasteiger partial charge in [-0.05, 0) is 26.0 Å². The summed E-state index contributed by atoms with van der Waals surface area (Å²) in [5.41, 5.74) is 0.789. The van der Waals surface area contributed by atoms with Gasteiger partial charge in [0.2, 0.25) is 0 Å². The highest BCUT2D eigenvalue weighted by Crippen LogP contribution is 2.22. The molecule has 0 aromatic heterocycles. The highest BCUT2D eigenvalue weighted by Gasteiger charge is 2.22. The molecule has 3 heteroatoms. The Morgan fingerprint density at radius 2 is 2.12 bits per heavy atom. The first-order valence-corrected chi connectivity index (χ1v) is 5.84. The van der Waals surface area contributed by atoms with Gasteiger partial charge in [0.05, 0.1) is 0 Å². The maximum absolute atomic E-state index is 13.6. The molecule has 0 bridgehead atoms. The standard InChI is InChI=1S/C13H19FN2/c1-10(12-5-3-4-6-13(12)14)16(2)9-11-7-15-8-11/h3-6,10-11,15H,7-9H2,1-2H3. The molecule has 1 N–H and O–H groups in total. The van der Waals surface area contributed by atoms with Crippen LogP contribution in [-0.2, 0) is 0 Å². The Labute approximate surface area is 96.5 Å². The van der Waals surface area contributed by atoms with Crippen LogP contribution in [0.2, 0.25) is 0 Å². The van der Waals surface area contributed by atoms with Crippen molar-refractivity contribution in [3.8, 4) is 0 Å². The molecule has 1 aromatic rings. The number of nitrogens with one attached hydrogen (secondary N) is 1. The Balaban J connectivity index is 2.00. The third-order valence-electron chi connectivity index (χ3n) is 3.43. The van der Waals surface area contributed by atoms with Crippen LogP contribution in [0.3, 0.4) is 0 Å². The molecule has 1 saturated heterocycles. The Morgan fingerprint density at radius 1 is 1.44 bits per heavy atom. The van der Waals surface area contributed by atoms with Crippen LogP contribution in [-0.4, -0.2) is 31.6 Å². The fourth-order valence-electron chi connectivity index (χ4n) is 2.09. The molecule has 16 heavy (non-hydrogen) atoms. The van der Waals surface area contributed by atoms with Crippen LogP contribution in [0.5, 0.6) is 0 Å². The minimum Gasteiger partial charge on any atom is -0.316 e. The van der Waals surface area contributed by atoms with Gasteiger partial charge in [-0.15, -0.1) is 0 Å². The molecule has 0 amide bonds. The molecule has 1 heterocycles. The third-order valence-corrected chi connectivity index (χ3v) is 3.43. The SMILES string of the molecule is CC(c1ccccc1F)N(C)CC1CNC1. The summed E-state index contributed by atoms with van der Waals surface area (Å²) in [6.45, 7) is 5.27. The lowest BCUT2D eigenvalue weighted by Crippen LogP contribution is -2.47. The molecule has 1 atom stereocenters. The molecule has 88 valence electrons. The van der Waals surface area contributed by atoms with Crippen LogP contribution >= 0.6 is 0 Å². The van der Waals surface area contributed by atoms with Crippen molar-refractivity contribution in [2.24, 2.45) is 5.92 Å². The van der Waals surface area contributed by atoms with E-state index in [4.69, 9.17) is 0 Å². The van der Waals surface area contributed by atoms with Crippen molar-refractivity contribution in [1.82, 2.24) is 10.2 Å². The zero-order chi connectivity index (χ0) is 11.5. The first-order chi connectivity index (χ1) is 7.68. The van der Waals surface area contributed by atoms with Crippen molar-refractivity contribution >= 4 is 0 Å². The van der Waals surface area contributed by atoms with E-state index < -0.39 is 0 Å². The minimum atomic E-state index is -0.103. The summed E-state index contributed by atoms with van der Waals surface area (Å²) in [6.07, 6.45) is 0. The molecule has 0 saturated carbocycles. The molecule has 0 spiro atoms. The highest BCUT2D eigenvalue weighted by molar-refractivity contribution is 5.20. The van der Waals surface area contributed by atoms with E-state index in [1.165, 1.54) is 6.07 Å². The second-order valence-electron chi connectivity index (χ2n) is 4.66. The van der Waals surface area contributed by atoms with Gasteiger partial charge in [-0.25, -0.2) is 4.39 Å². The molecule has 2 rings (SSSR count). The van der Waals surface area contributed by atoms with Gasteiger partial charge in [0.15, 0.2) is 0 Å². The van der Waals surface area contributed by atoms with E-state index in [1.54, 1.807) is 6.07 Å². The van der Waals surface area contributed by atoms with Gasteiger partial charge in [-0.3, -0.25) is 4.90 Å². The Hall–Kier alpha value is -0.930. The molecule has 1 unspecified atom stereocenters. The van der Waals surface area contributed by atoms with Crippen molar-refractivity contribution in [3.63, 3.8) is 0 Å². The summed E-state index contributed by atoms with van der Waals surface area (Å²) < 4.78 is 13.6. The Morgan fingerprint density at radius 3 is 2.69 bits per heavy atom. The number of nitrogens with zero attached hydrogens (tertiary/aromatic N) is 1. The van der Waals surface area contributed by atoms with Crippen LogP contribution in [0, 0.1) is 11.7 Å². The molecular weight excluding hydrogens is 203 g/mol. The Kier molecular flexibility index (Phi) is 3.56. The van der Waals surface area contributed by atoms with Crippen LogP contribution < -0.4 is 5.32 Å². The lowest BCUT2D eigenvalue weighted by molar-refractivity contribution is 0.182. The average molecular weight is 222 g/mol. The van der Waals surface area contributed by atoms with Crippen molar-refractivity contribution in [2.45, 2.75) is 13.0 Å². The molecule has 1 aliphatic heterocycles. The molecule has 0 radical (unpaired) electrons. The Bertz CT molecular complexity index is 350. The average Bonchev–Trinajstić information content (AvgIpc) is 2.23. The number of hydrogen-bond donors (Lipinski definition) is 1. The summed E-state index contributed by atoms with van der Waals surface area (Å²) in [5, 5.41) is 3.26. The van der Waals surface area contributed by atoms with Crippen molar-refractivity contribution in [3.05, 3.63) is 35.6 Å². The predicted octanol–water partition coefficient (Wildman–Crippen LogP) is 2.04. The maximum atomic E-state index is 13.6. The predicted molar refractivity (Wildman–Crippen MR) is 63.8 cm³/mol. The van der Waals surface area contributed by atoms with Crippen LogP contribution in [0.25, 0.3) is 0 Å². The third kappa shape index (κ3) is 2.42. The van der Waals surface area contributed by atoms with E-state index in [1.807, 2.05) is 12.1 Å². The van der Waals surface area contributed by atoms with Gasteiger partial charge >= 0.3 is 0 Å². The van der Waals surface area contributed by atoms with E-state index in [0.717, 1.165) is 31.1 Å². The van der Waals surface area contributed by atoms with E-state index >= 15 is 0 Å². The smallest absolute Gasteiger partial charge is 0.127 e. The number of halogens is 1. The monoisotopic (exact) mass is 222 g/mol. The summed E-state index contributed by atoms with van der Waals surface area (Å²) in [4.78, 5) is 2.23. The minimum absolute atomic E-state index is 0.103. The van der Waals surface area contributed by atoms with E-state index in [0.29, 0.717) is 0 Å². The zero-order valence-electron chi connectivity index (χ0n) is 9.91. The van der Waals surface area contributed by atoms with Gasteiger partial charge in [0.1, 0.15) is 5.82 Å². The zero-order valence-corrected chi connectivity index (χ0v) is 9.91. The largest absolute Gasteiger partial charge is 0.316 e.